The van der Waals surface area contributed by atoms with E-state index in [1.165, 1.54) is 19.2 Å². The van der Waals surface area contributed by atoms with Gasteiger partial charge in [-0.15, -0.1) is 0 Å². The summed E-state index contributed by atoms with van der Waals surface area (Å²) >= 11 is 5.89. The number of sulfonamides is 1. The fourth-order valence-electron chi connectivity index (χ4n) is 3.21. The van der Waals surface area contributed by atoms with E-state index in [1.807, 2.05) is 0 Å². The first-order valence-corrected chi connectivity index (χ1v) is 11.1. The average Bonchev–Trinajstić information content (AvgIpc) is 3.09. The summed E-state index contributed by atoms with van der Waals surface area (Å²) in [6.45, 7) is 1.79. The van der Waals surface area contributed by atoms with Crippen molar-refractivity contribution < 1.29 is 22.4 Å². The standard InChI is InChI=1S/C23H18ClNO5S/c1-14-20-12-7-17(25-31(27,28)19-10-8-18(29-2)9-11-19)13-21(20)30-23(14)22(26)15-3-5-16(24)6-4-15/h3-13,25H,1-2H3. The molecule has 8 heteroatoms. The summed E-state index contributed by atoms with van der Waals surface area (Å²) < 4.78 is 38.8. The van der Waals surface area contributed by atoms with E-state index in [4.69, 9.17) is 20.8 Å². The zero-order valence-electron chi connectivity index (χ0n) is 16.7. The third kappa shape index (κ3) is 4.15. The number of halogens is 1. The largest absolute Gasteiger partial charge is 0.497 e. The van der Waals surface area contributed by atoms with Gasteiger partial charge >= 0.3 is 0 Å². The topological polar surface area (TPSA) is 85.6 Å². The number of anilines is 1. The maximum Gasteiger partial charge on any atom is 0.261 e. The van der Waals surface area contributed by atoms with Gasteiger partial charge in [0, 0.05) is 27.6 Å². The molecule has 0 aliphatic carbocycles. The van der Waals surface area contributed by atoms with E-state index in [9.17, 15) is 13.2 Å². The first kappa shape index (κ1) is 21.0. The van der Waals surface area contributed by atoms with Crippen LogP contribution in [0, 0.1) is 6.92 Å². The summed E-state index contributed by atoms with van der Waals surface area (Å²) in [7, 11) is -2.29. The molecule has 0 amide bonds. The Morgan fingerprint density at radius 2 is 1.68 bits per heavy atom. The van der Waals surface area contributed by atoms with Gasteiger partial charge in [-0.2, -0.15) is 0 Å². The Balaban J connectivity index is 1.65. The van der Waals surface area contributed by atoms with Gasteiger partial charge in [0.15, 0.2) is 5.76 Å². The zero-order valence-corrected chi connectivity index (χ0v) is 18.3. The highest BCUT2D eigenvalue weighted by Gasteiger charge is 2.20. The molecule has 0 saturated carbocycles. The molecule has 0 aliphatic rings. The number of furan rings is 1. The third-order valence-corrected chi connectivity index (χ3v) is 6.52. The molecule has 6 nitrogen and oxygen atoms in total. The predicted octanol–water partition coefficient (Wildman–Crippen LogP) is 5.44. The lowest BCUT2D eigenvalue weighted by atomic mass is 10.0. The van der Waals surface area contributed by atoms with Crippen molar-refractivity contribution >= 4 is 44.1 Å². The van der Waals surface area contributed by atoms with E-state index in [-0.39, 0.29) is 16.4 Å². The number of hydrogen-bond donors (Lipinski definition) is 1. The van der Waals surface area contributed by atoms with Gasteiger partial charge in [-0.3, -0.25) is 9.52 Å². The normalized spacial score (nSPS) is 11.5. The van der Waals surface area contributed by atoms with Crippen LogP contribution in [0.3, 0.4) is 0 Å². The minimum atomic E-state index is -3.80. The van der Waals surface area contributed by atoms with E-state index < -0.39 is 10.0 Å². The lowest BCUT2D eigenvalue weighted by Gasteiger charge is -2.08. The van der Waals surface area contributed by atoms with E-state index in [0.717, 1.165) is 5.39 Å². The van der Waals surface area contributed by atoms with Crippen molar-refractivity contribution in [2.24, 2.45) is 0 Å². The van der Waals surface area contributed by atoms with Crippen molar-refractivity contribution in [3.05, 3.63) is 88.6 Å². The van der Waals surface area contributed by atoms with Crippen molar-refractivity contribution in [1.82, 2.24) is 0 Å². The highest BCUT2D eigenvalue weighted by atomic mass is 35.5. The van der Waals surface area contributed by atoms with E-state index in [1.54, 1.807) is 61.5 Å². The Bertz CT molecular complexity index is 1370. The third-order valence-electron chi connectivity index (χ3n) is 4.87. The highest BCUT2D eigenvalue weighted by molar-refractivity contribution is 7.92. The number of carbonyl (C=O) groups excluding carboxylic acids is 1. The second-order valence-electron chi connectivity index (χ2n) is 6.88. The molecule has 0 atom stereocenters. The molecule has 0 fully saturated rings. The summed E-state index contributed by atoms with van der Waals surface area (Å²) in [4.78, 5) is 12.9. The van der Waals surface area contributed by atoms with Crippen molar-refractivity contribution in [3.63, 3.8) is 0 Å². The maximum atomic E-state index is 12.8. The van der Waals surface area contributed by atoms with E-state index in [0.29, 0.717) is 33.2 Å². The molecular formula is C23H18ClNO5S. The van der Waals surface area contributed by atoms with Crippen molar-refractivity contribution in [2.75, 3.05) is 11.8 Å². The van der Waals surface area contributed by atoms with Gasteiger partial charge in [-0.25, -0.2) is 8.42 Å². The molecule has 4 aromatic rings. The van der Waals surface area contributed by atoms with Crippen molar-refractivity contribution in [1.29, 1.82) is 0 Å². The number of methoxy groups -OCH3 is 1. The highest BCUT2D eigenvalue weighted by Crippen LogP contribution is 2.30. The van der Waals surface area contributed by atoms with E-state index in [2.05, 4.69) is 4.72 Å². The SMILES string of the molecule is COc1ccc(S(=O)(=O)Nc2ccc3c(C)c(C(=O)c4ccc(Cl)cc4)oc3c2)cc1. The number of fused-ring (bicyclic) bond motifs is 1. The number of nitrogens with one attached hydrogen (secondary N) is 1. The first-order chi connectivity index (χ1) is 14.8. The Kier molecular flexibility index (Phi) is 5.47. The Morgan fingerprint density at radius 1 is 1.00 bits per heavy atom. The number of carbonyl (C=O) groups is 1. The number of rotatable bonds is 6. The Hall–Kier alpha value is -3.29. The summed E-state index contributed by atoms with van der Waals surface area (Å²) in [5.41, 5.74) is 1.86. The second-order valence-corrected chi connectivity index (χ2v) is 9.00. The van der Waals surface area contributed by atoms with Crippen LogP contribution in [0.15, 0.2) is 76.0 Å². The molecule has 0 bridgehead atoms. The summed E-state index contributed by atoms with van der Waals surface area (Å²) in [6.07, 6.45) is 0. The summed E-state index contributed by atoms with van der Waals surface area (Å²) in [6, 6.07) is 17.5. The van der Waals surface area contributed by atoms with Crippen LogP contribution in [-0.2, 0) is 10.0 Å². The predicted molar refractivity (Wildman–Crippen MR) is 120 cm³/mol. The minimum absolute atomic E-state index is 0.0997. The van der Waals surface area contributed by atoms with Gasteiger partial charge in [0.2, 0.25) is 5.78 Å². The van der Waals surface area contributed by atoms with Gasteiger partial charge < -0.3 is 9.15 Å². The Labute approximate surface area is 184 Å². The fraction of sp³-hybridized carbons (Fsp3) is 0.0870. The van der Waals surface area contributed by atoms with Gasteiger partial charge in [-0.05, 0) is 67.6 Å². The summed E-state index contributed by atoms with van der Waals surface area (Å²) in [5.74, 6) is 0.488. The van der Waals surface area contributed by atoms with Gasteiger partial charge in [-0.1, -0.05) is 11.6 Å². The molecule has 0 radical (unpaired) electrons. The van der Waals surface area contributed by atoms with Crippen molar-refractivity contribution in [2.45, 2.75) is 11.8 Å². The van der Waals surface area contributed by atoms with E-state index >= 15 is 0 Å². The number of benzene rings is 3. The van der Waals surface area contributed by atoms with Crippen LogP contribution in [-0.4, -0.2) is 21.3 Å². The summed E-state index contributed by atoms with van der Waals surface area (Å²) in [5, 5.41) is 1.26. The number of ether oxygens (including phenoxy) is 1. The quantitative estimate of drug-likeness (QED) is 0.391. The lowest BCUT2D eigenvalue weighted by molar-refractivity contribution is 0.101. The van der Waals surface area contributed by atoms with Crippen LogP contribution in [0.2, 0.25) is 5.02 Å². The molecule has 3 aromatic carbocycles. The van der Waals surface area contributed by atoms with Crippen LogP contribution >= 0.6 is 11.6 Å². The first-order valence-electron chi connectivity index (χ1n) is 9.29. The smallest absolute Gasteiger partial charge is 0.261 e. The molecule has 1 aromatic heterocycles. The molecular weight excluding hydrogens is 438 g/mol. The van der Waals surface area contributed by atoms with Crippen LogP contribution in [0.5, 0.6) is 5.75 Å². The minimum Gasteiger partial charge on any atom is -0.497 e. The van der Waals surface area contributed by atoms with Crippen molar-refractivity contribution in [3.8, 4) is 5.75 Å². The molecule has 0 spiro atoms. The maximum absolute atomic E-state index is 12.8. The number of ketones is 1. The molecule has 0 saturated heterocycles. The fourth-order valence-corrected chi connectivity index (χ4v) is 4.38. The van der Waals surface area contributed by atoms with Crippen LogP contribution in [0.4, 0.5) is 5.69 Å². The monoisotopic (exact) mass is 455 g/mol. The molecule has 31 heavy (non-hydrogen) atoms. The average molecular weight is 456 g/mol. The van der Waals surface area contributed by atoms with Gasteiger partial charge in [0.25, 0.3) is 10.0 Å². The van der Waals surface area contributed by atoms with Gasteiger partial charge in [0.05, 0.1) is 17.7 Å². The zero-order chi connectivity index (χ0) is 22.2. The molecule has 0 unspecified atom stereocenters. The van der Waals surface area contributed by atoms with Crippen LogP contribution < -0.4 is 9.46 Å². The van der Waals surface area contributed by atoms with Crippen LogP contribution in [0.25, 0.3) is 11.0 Å². The molecule has 1 heterocycles. The lowest BCUT2D eigenvalue weighted by Crippen LogP contribution is -2.12. The Morgan fingerprint density at radius 3 is 2.32 bits per heavy atom. The number of hydrogen-bond acceptors (Lipinski definition) is 5. The van der Waals surface area contributed by atoms with Crippen LogP contribution in [0.1, 0.15) is 21.7 Å². The second kappa shape index (κ2) is 8.09. The molecule has 158 valence electrons. The number of aryl methyl sites for hydroxylation is 1. The molecule has 1 N–H and O–H groups in total. The molecule has 4 rings (SSSR count). The van der Waals surface area contributed by atoms with Gasteiger partial charge in [0.1, 0.15) is 11.3 Å². The molecule has 0 aliphatic heterocycles.